The highest BCUT2D eigenvalue weighted by atomic mass is 19.1. The molecule has 0 aliphatic carbocycles. The molecule has 2 nitrogen and oxygen atoms in total. The minimum absolute atomic E-state index is 0.0321. The summed E-state index contributed by atoms with van der Waals surface area (Å²) in [6.07, 6.45) is 0.858. The molecular formula is C13H12FNO. The quantitative estimate of drug-likeness (QED) is 0.719. The summed E-state index contributed by atoms with van der Waals surface area (Å²) in [5.74, 6) is -0.0463. The van der Waals surface area contributed by atoms with Crippen LogP contribution in [-0.2, 0) is 6.54 Å². The van der Waals surface area contributed by atoms with Crippen LogP contribution in [0.5, 0.6) is 0 Å². The van der Waals surface area contributed by atoms with Crippen molar-refractivity contribution in [2.45, 2.75) is 25.8 Å². The molecule has 0 radical (unpaired) electrons. The van der Waals surface area contributed by atoms with Gasteiger partial charge in [0.1, 0.15) is 5.82 Å². The number of pyridine rings is 1. The Morgan fingerprint density at radius 3 is 2.88 bits per heavy atom. The van der Waals surface area contributed by atoms with E-state index in [-0.39, 0.29) is 17.3 Å². The van der Waals surface area contributed by atoms with Gasteiger partial charge in [-0.25, -0.2) is 4.39 Å². The molecule has 0 N–H and O–H groups in total. The highest BCUT2D eigenvalue weighted by Crippen LogP contribution is 2.36. The highest BCUT2D eigenvalue weighted by Gasteiger charge is 2.26. The van der Waals surface area contributed by atoms with Crippen LogP contribution in [0.25, 0.3) is 10.9 Å². The second-order valence-corrected chi connectivity index (χ2v) is 4.29. The smallest absolute Gasteiger partial charge is 0.251 e. The Kier molecular flexibility index (Phi) is 1.90. The van der Waals surface area contributed by atoms with Gasteiger partial charge >= 0.3 is 0 Å². The Labute approximate surface area is 92.3 Å². The van der Waals surface area contributed by atoms with Gasteiger partial charge in [-0.1, -0.05) is 6.92 Å². The molecule has 1 aliphatic rings. The van der Waals surface area contributed by atoms with Gasteiger partial charge in [-0.05, 0) is 30.0 Å². The predicted octanol–water partition coefficient (Wildman–Crippen LogP) is 2.65. The topological polar surface area (TPSA) is 22.0 Å². The first-order valence-electron chi connectivity index (χ1n) is 5.54. The summed E-state index contributed by atoms with van der Waals surface area (Å²) in [6, 6.07) is 6.57. The lowest BCUT2D eigenvalue weighted by Crippen LogP contribution is -2.17. The van der Waals surface area contributed by atoms with Crippen molar-refractivity contribution in [1.82, 2.24) is 4.57 Å². The summed E-state index contributed by atoms with van der Waals surface area (Å²) in [5.41, 5.74) is 1.48. The van der Waals surface area contributed by atoms with Gasteiger partial charge in [0.25, 0.3) is 5.56 Å². The first-order valence-corrected chi connectivity index (χ1v) is 5.54. The van der Waals surface area contributed by atoms with Crippen molar-refractivity contribution in [2.75, 3.05) is 0 Å². The standard InChI is InChI=1S/C13H12FNO/c1-2-8-7-15-11(16)6-4-9-3-5-10(14)12(8)13(9)15/h3-6,8H,2,7H2,1H3. The first-order chi connectivity index (χ1) is 7.72. The summed E-state index contributed by atoms with van der Waals surface area (Å²) in [5, 5.41) is 0.951. The van der Waals surface area contributed by atoms with Crippen LogP contribution in [-0.4, -0.2) is 4.57 Å². The van der Waals surface area contributed by atoms with Crippen molar-refractivity contribution in [2.24, 2.45) is 0 Å². The predicted molar refractivity (Wildman–Crippen MR) is 61.2 cm³/mol. The molecule has 0 spiro atoms. The third kappa shape index (κ3) is 1.08. The van der Waals surface area contributed by atoms with Crippen LogP contribution >= 0.6 is 0 Å². The first kappa shape index (κ1) is 9.58. The molecule has 1 atom stereocenters. The van der Waals surface area contributed by atoms with Gasteiger partial charge < -0.3 is 4.57 Å². The average Bonchev–Trinajstić information content (AvgIpc) is 2.68. The van der Waals surface area contributed by atoms with E-state index in [2.05, 4.69) is 0 Å². The number of aromatic nitrogens is 1. The van der Waals surface area contributed by atoms with Crippen molar-refractivity contribution in [3.63, 3.8) is 0 Å². The molecule has 1 aromatic carbocycles. The Hall–Kier alpha value is -1.64. The summed E-state index contributed by atoms with van der Waals surface area (Å²) in [4.78, 5) is 11.7. The van der Waals surface area contributed by atoms with Crippen LogP contribution in [0.1, 0.15) is 24.8 Å². The fourth-order valence-corrected chi connectivity index (χ4v) is 2.61. The SMILES string of the molecule is CCC1Cn2c(=O)ccc3ccc(F)c1c32. The highest BCUT2D eigenvalue weighted by molar-refractivity contribution is 5.84. The number of hydrogen-bond acceptors (Lipinski definition) is 1. The molecule has 0 saturated heterocycles. The molecular weight excluding hydrogens is 205 g/mol. The van der Waals surface area contributed by atoms with Crippen molar-refractivity contribution < 1.29 is 4.39 Å². The maximum atomic E-state index is 13.8. The molecule has 0 bridgehead atoms. The molecule has 0 fully saturated rings. The van der Waals surface area contributed by atoms with Gasteiger partial charge in [-0.3, -0.25) is 4.79 Å². The van der Waals surface area contributed by atoms with Crippen molar-refractivity contribution in [3.8, 4) is 0 Å². The lowest BCUT2D eigenvalue weighted by Gasteiger charge is -2.07. The minimum atomic E-state index is -0.184. The number of halogens is 1. The van der Waals surface area contributed by atoms with Crippen LogP contribution in [0.3, 0.4) is 0 Å². The van der Waals surface area contributed by atoms with E-state index in [1.54, 1.807) is 22.8 Å². The van der Waals surface area contributed by atoms with E-state index in [0.29, 0.717) is 6.54 Å². The van der Waals surface area contributed by atoms with E-state index < -0.39 is 0 Å². The zero-order chi connectivity index (χ0) is 11.3. The molecule has 0 amide bonds. The van der Waals surface area contributed by atoms with Crippen LogP contribution < -0.4 is 5.56 Å². The number of hydrogen-bond donors (Lipinski definition) is 0. The zero-order valence-electron chi connectivity index (χ0n) is 9.03. The fraction of sp³-hybridized carbons (Fsp3) is 0.308. The summed E-state index contributed by atoms with van der Waals surface area (Å²) in [6.45, 7) is 2.64. The molecule has 3 rings (SSSR count). The van der Waals surface area contributed by atoms with Gasteiger partial charge in [0.05, 0.1) is 5.52 Å². The van der Waals surface area contributed by atoms with Gasteiger partial charge in [-0.15, -0.1) is 0 Å². The molecule has 1 unspecified atom stereocenters. The maximum Gasteiger partial charge on any atom is 0.251 e. The third-order valence-electron chi connectivity index (χ3n) is 3.44. The lowest BCUT2D eigenvalue weighted by molar-refractivity contribution is 0.547. The third-order valence-corrected chi connectivity index (χ3v) is 3.44. The molecule has 0 saturated carbocycles. The minimum Gasteiger partial charge on any atom is -0.307 e. The number of benzene rings is 1. The second-order valence-electron chi connectivity index (χ2n) is 4.29. The van der Waals surface area contributed by atoms with E-state index in [1.165, 1.54) is 6.07 Å². The van der Waals surface area contributed by atoms with E-state index in [0.717, 1.165) is 22.9 Å². The van der Waals surface area contributed by atoms with E-state index in [4.69, 9.17) is 0 Å². The van der Waals surface area contributed by atoms with Crippen LogP contribution in [0, 0.1) is 5.82 Å². The van der Waals surface area contributed by atoms with Crippen LogP contribution in [0.15, 0.2) is 29.1 Å². The zero-order valence-corrected chi connectivity index (χ0v) is 9.03. The monoisotopic (exact) mass is 217 g/mol. The number of nitrogens with zero attached hydrogens (tertiary/aromatic N) is 1. The van der Waals surface area contributed by atoms with Crippen LogP contribution in [0.4, 0.5) is 4.39 Å². The summed E-state index contributed by atoms with van der Waals surface area (Å²) < 4.78 is 15.5. The molecule has 3 heteroatoms. The van der Waals surface area contributed by atoms with Gasteiger partial charge in [-0.2, -0.15) is 0 Å². The van der Waals surface area contributed by atoms with Crippen molar-refractivity contribution >= 4 is 10.9 Å². The molecule has 1 aromatic heterocycles. The largest absolute Gasteiger partial charge is 0.307 e. The number of rotatable bonds is 1. The fourth-order valence-electron chi connectivity index (χ4n) is 2.61. The average molecular weight is 217 g/mol. The molecule has 16 heavy (non-hydrogen) atoms. The Balaban J connectivity index is 2.49. The second kappa shape index (κ2) is 3.17. The van der Waals surface area contributed by atoms with Crippen LogP contribution in [0.2, 0.25) is 0 Å². The Bertz CT molecular complexity index is 630. The van der Waals surface area contributed by atoms with E-state index >= 15 is 0 Å². The summed E-state index contributed by atoms with van der Waals surface area (Å²) in [7, 11) is 0. The lowest BCUT2D eigenvalue weighted by atomic mass is 9.97. The van der Waals surface area contributed by atoms with Crippen molar-refractivity contribution in [1.29, 1.82) is 0 Å². The Morgan fingerprint density at radius 1 is 1.38 bits per heavy atom. The molecule has 82 valence electrons. The molecule has 2 aromatic rings. The molecule has 2 heterocycles. The Morgan fingerprint density at radius 2 is 2.12 bits per heavy atom. The van der Waals surface area contributed by atoms with E-state index in [1.807, 2.05) is 6.92 Å². The van der Waals surface area contributed by atoms with Gasteiger partial charge in [0.15, 0.2) is 0 Å². The summed E-state index contributed by atoms with van der Waals surface area (Å²) >= 11 is 0. The van der Waals surface area contributed by atoms with E-state index in [9.17, 15) is 9.18 Å². The van der Waals surface area contributed by atoms with Gasteiger partial charge in [0, 0.05) is 24.1 Å². The maximum absolute atomic E-state index is 13.8. The molecule has 1 aliphatic heterocycles. The normalized spacial score (nSPS) is 18.2. The van der Waals surface area contributed by atoms with Crippen molar-refractivity contribution in [3.05, 3.63) is 46.0 Å². The van der Waals surface area contributed by atoms with Gasteiger partial charge in [0.2, 0.25) is 0 Å².